The predicted molar refractivity (Wildman–Crippen MR) is 79.1 cm³/mol. The number of nitrogens with one attached hydrogen (secondary N) is 2. The topological polar surface area (TPSA) is 97.3 Å². The Morgan fingerprint density at radius 3 is 3.05 bits per heavy atom. The molecule has 1 heterocycles. The summed E-state index contributed by atoms with van der Waals surface area (Å²) in [5.74, 6) is 1.22. The number of hydrazone groups is 1. The highest BCUT2D eigenvalue weighted by Crippen LogP contribution is 2.36. The Kier molecular flexibility index (Phi) is 5.10. The van der Waals surface area contributed by atoms with Crippen molar-refractivity contribution < 1.29 is 9.47 Å². The molecule has 1 aromatic carbocycles. The van der Waals surface area contributed by atoms with E-state index in [0.29, 0.717) is 23.1 Å². The summed E-state index contributed by atoms with van der Waals surface area (Å²) in [6.45, 7) is 3.92. The molecule has 0 spiro atoms. The Hall–Kier alpha value is -2.61. The van der Waals surface area contributed by atoms with Crippen molar-refractivity contribution >= 4 is 23.8 Å². The fraction of sp³-hybridized carbons (Fsp3) is 0.167. The number of rotatable bonds is 7. The normalized spacial score (nSPS) is 10.6. The fourth-order valence-electron chi connectivity index (χ4n) is 1.47. The molecule has 2 rings (SSSR count). The number of hydrogen-bond acceptors (Lipinski definition) is 7. The second-order valence-corrected chi connectivity index (χ2v) is 4.15. The lowest BCUT2D eigenvalue weighted by Crippen LogP contribution is -1.99. The van der Waals surface area contributed by atoms with Crippen LogP contribution in [0.5, 0.6) is 11.5 Å². The van der Waals surface area contributed by atoms with E-state index in [4.69, 9.17) is 21.1 Å². The maximum Gasteiger partial charge on any atom is 0.283 e. The van der Waals surface area contributed by atoms with Crippen LogP contribution in [0.3, 0.4) is 0 Å². The molecule has 0 aliphatic rings. The molecule has 0 saturated heterocycles. The van der Waals surface area contributed by atoms with Crippen LogP contribution in [0.4, 0.5) is 5.95 Å². The van der Waals surface area contributed by atoms with Crippen molar-refractivity contribution in [2.75, 3.05) is 19.1 Å². The smallest absolute Gasteiger partial charge is 0.283 e. The van der Waals surface area contributed by atoms with Gasteiger partial charge in [-0.15, -0.1) is 5.10 Å². The van der Waals surface area contributed by atoms with Crippen LogP contribution in [0, 0.1) is 0 Å². The van der Waals surface area contributed by atoms with Crippen LogP contribution < -0.4 is 14.9 Å². The number of benzene rings is 1. The van der Waals surface area contributed by atoms with Gasteiger partial charge in [-0.25, -0.2) is 5.43 Å². The minimum Gasteiger partial charge on any atom is -0.493 e. The minimum atomic E-state index is 0.259. The molecule has 0 aliphatic carbocycles. The Morgan fingerprint density at radius 2 is 2.38 bits per heavy atom. The van der Waals surface area contributed by atoms with Crippen LogP contribution in [0.1, 0.15) is 5.56 Å². The van der Waals surface area contributed by atoms with Crippen molar-refractivity contribution in [1.29, 1.82) is 0 Å². The molecule has 0 unspecified atom stereocenters. The molecule has 0 fully saturated rings. The zero-order chi connectivity index (χ0) is 15.1. The summed E-state index contributed by atoms with van der Waals surface area (Å²) in [6, 6.07) is 3.44. The molecule has 0 bridgehead atoms. The number of anilines is 1. The van der Waals surface area contributed by atoms with Gasteiger partial charge in [0.1, 0.15) is 6.61 Å². The third-order valence-electron chi connectivity index (χ3n) is 2.32. The summed E-state index contributed by atoms with van der Waals surface area (Å²) in [5.41, 5.74) is 3.33. The molecule has 110 valence electrons. The Balaban J connectivity index is 2.15. The Labute approximate surface area is 125 Å². The lowest BCUT2D eigenvalue weighted by atomic mass is 10.2. The lowest BCUT2D eigenvalue weighted by Gasteiger charge is -2.11. The van der Waals surface area contributed by atoms with Crippen molar-refractivity contribution in [3.8, 4) is 11.5 Å². The fourth-order valence-corrected chi connectivity index (χ4v) is 1.74. The monoisotopic (exact) mass is 308 g/mol. The van der Waals surface area contributed by atoms with Gasteiger partial charge in [0.05, 0.1) is 18.3 Å². The summed E-state index contributed by atoms with van der Waals surface area (Å²) in [6.07, 6.45) is 3.17. The second kappa shape index (κ2) is 7.25. The molecule has 0 aliphatic heterocycles. The number of tetrazole rings is 1. The summed E-state index contributed by atoms with van der Waals surface area (Å²) in [5, 5.41) is 17.5. The first-order valence-corrected chi connectivity index (χ1v) is 6.26. The van der Waals surface area contributed by atoms with Gasteiger partial charge in [-0.05, 0) is 22.9 Å². The molecule has 1 aromatic heterocycles. The van der Waals surface area contributed by atoms with Crippen molar-refractivity contribution in [3.05, 3.63) is 35.4 Å². The minimum absolute atomic E-state index is 0.259. The highest BCUT2D eigenvalue weighted by atomic mass is 35.5. The quantitative estimate of drug-likeness (QED) is 0.460. The summed E-state index contributed by atoms with van der Waals surface area (Å²) < 4.78 is 10.7. The van der Waals surface area contributed by atoms with Crippen molar-refractivity contribution in [1.82, 2.24) is 20.6 Å². The standard InChI is InChI=1S/C12H13ClN6O2/c1-3-4-21-11-9(13)5-8(6-10(11)20-2)7-14-15-12-16-18-19-17-12/h3,5-7H,1,4H2,2H3,(H2,15,16,17,18,19). The summed E-state index contributed by atoms with van der Waals surface area (Å²) in [4.78, 5) is 0. The van der Waals surface area contributed by atoms with Crippen LogP contribution >= 0.6 is 11.6 Å². The van der Waals surface area contributed by atoms with Crippen LogP contribution in [-0.4, -0.2) is 40.6 Å². The predicted octanol–water partition coefficient (Wildman–Crippen LogP) is 1.87. The van der Waals surface area contributed by atoms with Gasteiger partial charge < -0.3 is 9.47 Å². The third kappa shape index (κ3) is 3.93. The highest BCUT2D eigenvalue weighted by Gasteiger charge is 2.11. The van der Waals surface area contributed by atoms with Crippen molar-refractivity contribution in [2.45, 2.75) is 0 Å². The van der Waals surface area contributed by atoms with E-state index in [2.05, 4.69) is 37.7 Å². The molecular weight excluding hydrogens is 296 g/mol. The van der Waals surface area contributed by atoms with Gasteiger partial charge >= 0.3 is 0 Å². The van der Waals surface area contributed by atoms with Gasteiger partial charge in [-0.1, -0.05) is 29.4 Å². The van der Waals surface area contributed by atoms with E-state index in [9.17, 15) is 0 Å². The molecule has 2 N–H and O–H groups in total. The maximum absolute atomic E-state index is 6.17. The molecular formula is C12H13ClN6O2. The molecule has 9 heteroatoms. The van der Waals surface area contributed by atoms with E-state index >= 15 is 0 Å². The van der Waals surface area contributed by atoms with Gasteiger partial charge in [0.25, 0.3) is 5.95 Å². The molecule has 0 amide bonds. The number of nitrogens with zero attached hydrogens (tertiary/aromatic N) is 4. The van der Waals surface area contributed by atoms with Crippen molar-refractivity contribution in [2.24, 2.45) is 5.10 Å². The first-order chi connectivity index (χ1) is 10.2. The van der Waals surface area contributed by atoms with Crippen LogP contribution in [0.15, 0.2) is 29.9 Å². The highest BCUT2D eigenvalue weighted by molar-refractivity contribution is 6.32. The van der Waals surface area contributed by atoms with E-state index in [0.717, 1.165) is 5.56 Å². The zero-order valence-corrected chi connectivity index (χ0v) is 12.0. The SMILES string of the molecule is C=CCOc1c(Cl)cc(C=NNc2nn[nH]n2)cc1OC. The van der Waals surface area contributed by atoms with Gasteiger partial charge in [0, 0.05) is 0 Å². The van der Waals surface area contributed by atoms with Gasteiger partial charge in [0.15, 0.2) is 11.5 Å². The number of methoxy groups -OCH3 is 1. The lowest BCUT2D eigenvalue weighted by molar-refractivity contribution is 0.326. The molecule has 21 heavy (non-hydrogen) atoms. The summed E-state index contributed by atoms with van der Waals surface area (Å²) in [7, 11) is 1.53. The number of aromatic amines is 1. The number of aromatic nitrogens is 4. The van der Waals surface area contributed by atoms with Crippen LogP contribution in [0.25, 0.3) is 0 Å². The molecule has 8 nitrogen and oxygen atoms in total. The largest absolute Gasteiger partial charge is 0.493 e. The van der Waals surface area contributed by atoms with E-state index in [1.54, 1.807) is 24.4 Å². The average Bonchev–Trinajstić information content (AvgIpc) is 2.99. The second-order valence-electron chi connectivity index (χ2n) is 3.74. The van der Waals surface area contributed by atoms with E-state index in [-0.39, 0.29) is 5.95 Å². The average molecular weight is 309 g/mol. The number of hydrogen-bond donors (Lipinski definition) is 2. The number of ether oxygens (including phenoxy) is 2. The number of halogens is 1. The van der Waals surface area contributed by atoms with Gasteiger partial charge in [-0.2, -0.15) is 10.3 Å². The third-order valence-corrected chi connectivity index (χ3v) is 2.60. The first-order valence-electron chi connectivity index (χ1n) is 5.88. The van der Waals surface area contributed by atoms with E-state index in [1.807, 2.05) is 0 Å². The molecule has 2 aromatic rings. The molecule has 0 radical (unpaired) electrons. The van der Waals surface area contributed by atoms with Crippen molar-refractivity contribution in [3.63, 3.8) is 0 Å². The van der Waals surface area contributed by atoms with E-state index in [1.165, 1.54) is 7.11 Å². The van der Waals surface area contributed by atoms with Gasteiger partial charge in [0.2, 0.25) is 0 Å². The maximum atomic E-state index is 6.17. The summed E-state index contributed by atoms with van der Waals surface area (Å²) >= 11 is 6.17. The number of H-pyrrole nitrogens is 1. The Bertz CT molecular complexity index is 629. The van der Waals surface area contributed by atoms with E-state index < -0.39 is 0 Å². The molecule has 0 atom stereocenters. The van der Waals surface area contributed by atoms with Crippen LogP contribution in [0.2, 0.25) is 5.02 Å². The zero-order valence-electron chi connectivity index (χ0n) is 11.2. The first kappa shape index (κ1) is 14.8. The van der Waals surface area contributed by atoms with Crippen LogP contribution in [-0.2, 0) is 0 Å². The van der Waals surface area contributed by atoms with Gasteiger partial charge in [-0.3, -0.25) is 0 Å². The molecule has 0 saturated carbocycles. The Morgan fingerprint density at radius 1 is 1.52 bits per heavy atom.